The topological polar surface area (TPSA) is 57.4 Å². The van der Waals surface area contributed by atoms with Crippen LogP contribution in [-0.2, 0) is 22.6 Å². The van der Waals surface area contributed by atoms with E-state index < -0.39 is 0 Å². The first-order chi connectivity index (χ1) is 7.72. The zero-order valence-electron chi connectivity index (χ0n) is 9.98. The van der Waals surface area contributed by atoms with Crippen LogP contribution in [0, 0.1) is 0 Å². The monoisotopic (exact) mass is 224 g/mol. The van der Waals surface area contributed by atoms with Gasteiger partial charge < -0.3 is 15.2 Å². The van der Waals surface area contributed by atoms with Crippen LogP contribution in [-0.4, -0.2) is 24.3 Å². The minimum absolute atomic E-state index is 0.258. The van der Waals surface area contributed by atoms with Gasteiger partial charge in [-0.15, -0.1) is 0 Å². The smallest absolute Gasteiger partial charge is 0.0719 e. The number of nitrogens with two attached hydrogens (primary N) is 1. The van der Waals surface area contributed by atoms with E-state index in [2.05, 4.69) is 4.98 Å². The number of hydrogen-bond acceptors (Lipinski definition) is 4. The molecule has 0 fully saturated rings. The van der Waals surface area contributed by atoms with E-state index in [4.69, 9.17) is 15.2 Å². The van der Waals surface area contributed by atoms with Crippen molar-refractivity contribution >= 4 is 0 Å². The van der Waals surface area contributed by atoms with E-state index in [0.717, 1.165) is 11.3 Å². The summed E-state index contributed by atoms with van der Waals surface area (Å²) in [7, 11) is 0. The predicted octanol–water partition coefficient (Wildman–Crippen LogP) is 1.48. The van der Waals surface area contributed by atoms with Crippen molar-refractivity contribution in [3.63, 3.8) is 0 Å². The quantitative estimate of drug-likeness (QED) is 0.713. The second-order valence-corrected chi connectivity index (χ2v) is 3.83. The fourth-order valence-corrected chi connectivity index (χ4v) is 1.26. The number of aromatic nitrogens is 1. The largest absolute Gasteiger partial charge is 0.376 e. The van der Waals surface area contributed by atoms with E-state index in [1.165, 1.54) is 0 Å². The molecule has 0 aliphatic rings. The van der Waals surface area contributed by atoms with Gasteiger partial charge >= 0.3 is 0 Å². The van der Waals surface area contributed by atoms with Crippen molar-refractivity contribution in [3.05, 3.63) is 29.6 Å². The van der Waals surface area contributed by atoms with Crippen molar-refractivity contribution in [2.75, 3.05) is 13.2 Å². The first-order valence-electron chi connectivity index (χ1n) is 5.55. The van der Waals surface area contributed by atoms with Gasteiger partial charge in [-0.05, 0) is 31.5 Å². The van der Waals surface area contributed by atoms with Gasteiger partial charge in [-0.3, -0.25) is 4.98 Å². The van der Waals surface area contributed by atoms with Crippen LogP contribution in [0.2, 0.25) is 0 Å². The third kappa shape index (κ3) is 5.21. The van der Waals surface area contributed by atoms with E-state index >= 15 is 0 Å². The van der Waals surface area contributed by atoms with Crippen molar-refractivity contribution in [1.82, 2.24) is 4.98 Å². The minimum Gasteiger partial charge on any atom is -0.376 e. The lowest BCUT2D eigenvalue weighted by atomic mass is 10.2. The molecule has 1 aromatic rings. The molecule has 0 bridgehead atoms. The van der Waals surface area contributed by atoms with Crippen LogP contribution in [0.1, 0.15) is 25.1 Å². The van der Waals surface area contributed by atoms with E-state index in [1.807, 2.05) is 26.0 Å². The molecule has 1 aromatic heterocycles. The highest BCUT2D eigenvalue weighted by Gasteiger charge is 1.97. The Morgan fingerprint density at radius 2 is 2.19 bits per heavy atom. The van der Waals surface area contributed by atoms with Crippen LogP contribution in [0.4, 0.5) is 0 Å². The third-order valence-corrected chi connectivity index (χ3v) is 2.04. The SMILES string of the molecule is CC(C)OCCOCc1ccnc(CN)c1. The molecule has 2 N–H and O–H groups in total. The average Bonchev–Trinajstić information content (AvgIpc) is 2.28. The van der Waals surface area contributed by atoms with Gasteiger partial charge in [0.05, 0.1) is 31.6 Å². The Morgan fingerprint density at radius 1 is 1.38 bits per heavy atom. The molecule has 0 spiro atoms. The highest BCUT2D eigenvalue weighted by atomic mass is 16.5. The standard InChI is InChI=1S/C12H20N2O2/c1-10(2)16-6-5-15-9-11-3-4-14-12(7-11)8-13/h3-4,7,10H,5-6,8-9,13H2,1-2H3. The number of hydrogen-bond donors (Lipinski definition) is 1. The molecule has 1 heterocycles. The summed E-state index contributed by atoms with van der Waals surface area (Å²) in [6.07, 6.45) is 2.01. The van der Waals surface area contributed by atoms with Crippen molar-refractivity contribution < 1.29 is 9.47 Å². The zero-order chi connectivity index (χ0) is 11.8. The van der Waals surface area contributed by atoms with Gasteiger partial charge in [-0.25, -0.2) is 0 Å². The normalized spacial score (nSPS) is 11.0. The molecule has 0 aromatic carbocycles. The molecule has 4 nitrogen and oxygen atoms in total. The van der Waals surface area contributed by atoms with E-state index in [1.54, 1.807) is 6.20 Å². The lowest BCUT2D eigenvalue weighted by molar-refractivity contribution is 0.0143. The van der Waals surface area contributed by atoms with Crippen molar-refractivity contribution in [2.24, 2.45) is 5.73 Å². The lowest BCUT2D eigenvalue weighted by Gasteiger charge is -2.08. The van der Waals surface area contributed by atoms with Gasteiger partial charge in [0.15, 0.2) is 0 Å². The average molecular weight is 224 g/mol. The summed E-state index contributed by atoms with van der Waals surface area (Å²) in [6.45, 7) is 6.30. The van der Waals surface area contributed by atoms with Crippen molar-refractivity contribution in [2.45, 2.75) is 33.1 Å². The van der Waals surface area contributed by atoms with Crippen LogP contribution >= 0.6 is 0 Å². The van der Waals surface area contributed by atoms with Gasteiger partial charge in [0.2, 0.25) is 0 Å². The van der Waals surface area contributed by atoms with E-state index in [9.17, 15) is 0 Å². The summed E-state index contributed by atoms with van der Waals surface area (Å²) in [6, 6.07) is 3.89. The molecule has 1 rings (SSSR count). The highest BCUT2D eigenvalue weighted by molar-refractivity contribution is 5.15. The molecule has 0 aliphatic heterocycles. The summed E-state index contributed by atoms with van der Waals surface area (Å²) >= 11 is 0. The van der Waals surface area contributed by atoms with Gasteiger partial charge in [-0.2, -0.15) is 0 Å². The number of ether oxygens (including phenoxy) is 2. The van der Waals surface area contributed by atoms with Gasteiger partial charge in [0.25, 0.3) is 0 Å². The Bertz CT molecular complexity index is 303. The Balaban J connectivity index is 2.21. The zero-order valence-corrected chi connectivity index (χ0v) is 9.98. The lowest BCUT2D eigenvalue weighted by Crippen LogP contribution is -2.09. The number of rotatable bonds is 7. The minimum atomic E-state index is 0.258. The van der Waals surface area contributed by atoms with Crippen LogP contribution in [0.25, 0.3) is 0 Å². The molecule has 0 atom stereocenters. The second kappa shape index (κ2) is 7.33. The molecule has 90 valence electrons. The maximum atomic E-state index is 5.51. The maximum Gasteiger partial charge on any atom is 0.0719 e. The van der Waals surface area contributed by atoms with Crippen molar-refractivity contribution in [3.8, 4) is 0 Å². The van der Waals surface area contributed by atoms with E-state index in [0.29, 0.717) is 26.4 Å². The maximum absolute atomic E-state index is 5.51. The molecule has 0 aliphatic carbocycles. The fourth-order valence-electron chi connectivity index (χ4n) is 1.26. The summed E-state index contributed by atoms with van der Waals surface area (Å²) < 4.78 is 10.8. The molecule has 0 radical (unpaired) electrons. The first kappa shape index (κ1) is 13.1. The Hall–Kier alpha value is -0.970. The predicted molar refractivity (Wildman–Crippen MR) is 62.9 cm³/mol. The molecular weight excluding hydrogens is 204 g/mol. The molecule has 4 heteroatoms. The summed E-state index contributed by atoms with van der Waals surface area (Å²) in [4.78, 5) is 4.12. The molecule has 0 amide bonds. The van der Waals surface area contributed by atoms with Gasteiger partial charge in [-0.1, -0.05) is 0 Å². The van der Waals surface area contributed by atoms with Gasteiger partial charge in [0, 0.05) is 12.7 Å². The molecular formula is C12H20N2O2. The van der Waals surface area contributed by atoms with Gasteiger partial charge in [0.1, 0.15) is 0 Å². The Morgan fingerprint density at radius 3 is 2.88 bits per heavy atom. The van der Waals surface area contributed by atoms with Crippen LogP contribution in [0.5, 0.6) is 0 Å². The molecule has 0 saturated carbocycles. The summed E-state index contributed by atoms with van der Waals surface area (Å²) in [5, 5.41) is 0. The molecule has 0 unspecified atom stereocenters. The number of pyridine rings is 1. The highest BCUT2D eigenvalue weighted by Crippen LogP contribution is 2.03. The summed E-state index contributed by atoms with van der Waals surface area (Å²) in [5.74, 6) is 0. The van der Waals surface area contributed by atoms with E-state index in [-0.39, 0.29) is 6.10 Å². The Kier molecular flexibility index (Phi) is 6.00. The fraction of sp³-hybridized carbons (Fsp3) is 0.583. The summed E-state index contributed by atoms with van der Waals surface area (Å²) in [5.41, 5.74) is 7.49. The van der Waals surface area contributed by atoms with Crippen LogP contribution < -0.4 is 5.73 Å². The second-order valence-electron chi connectivity index (χ2n) is 3.83. The third-order valence-electron chi connectivity index (χ3n) is 2.04. The van der Waals surface area contributed by atoms with Crippen LogP contribution in [0.15, 0.2) is 18.3 Å². The molecule has 0 saturated heterocycles. The Labute approximate surface area is 96.8 Å². The number of nitrogens with zero attached hydrogens (tertiary/aromatic N) is 1. The molecule has 16 heavy (non-hydrogen) atoms. The van der Waals surface area contributed by atoms with Crippen LogP contribution in [0.3, 0.4) is 0 Å². The van der Waals surface area contributed by atoms with Crippen molar-refractivity contribution in [1.29, 1.82) is 0 Å². The first-order valence-corrected chi connectivity index (χ1v) is 5.55.